The molecule has 2 aliphatic carbocycles. The lowest BCUT2D eigenvalue weighted by Crippen LogP contribution is -2.51. The molecule has 0 amide bonds. The van der Waals surface area contributed by atoms with Gasteiger partial charge in [-0.15, -0.1) is 0 Å². The summed E-state index contributed by atoms with van der Waals surface area (Å²) < 4.78 is 13.4. The minimum absolute atomic E-state index is 0.540. The molecule has 0 aromatic rings. The predicted octanol–water partition coefficient (Wildman–Crippen LogP) is 6.28. The van der Waals surface area contributed by atoms with Crippen LogP contribution in [0.5, 0.6) is 0 Å². The maximum Gasteiger partial charge on any atom is 0.352 e. The molecule has 0 aliphatic heterocycles. The van der Waals surface area contributed by atoms with Crippen LogP contribution >= 0.6 is 0 Å². The van der Waals surface area contributed by atoms with Crippen molar-refractivity contribution in [2.75, 3.05) is 13.2 Å². The van der Waals surface area contributed by atoms with E-state index in [9.17, 15) is 0 Å². The average molecular weight is 337 g/mol. The first-order chi connectivity index (χ1) is 11.3. The van der Waals surface area contributed by atoms with Crippen LogP contribution in [-0.4, -0.2) is 21.8 Å². The van der Waals surface area contributed by atoms with E-state index in [1.54, 1.807) is 0 Å². The van der Waals surface area contributed by atoms with Crippen molar-refractivity contribution in [3.63, 3.8) is 0 Å². The first-order valence-electron chi connectivity index (χ1n) is 9.94. The van der Waals surface area contributed by atoms with E-state index in [1.165, 1.54) is 51.4 Å². The van der Waals surface area contributed by atoms with Gasteiger partial charge in [0.15, 0.2) is 0 Å². The Labute approximate surface area is 144 Å². The summed E-state index contributed by atoms with van der Waals surface area (Å²) in [7, 11) is -2.24. The Balaban J connectivity index is 2.21. The van der Waals surface area contributed by atoms with Crippen molar-refractivity contribution in [3.8, 4) is 0 Å². The summed E-state index contributed by atoms with van der Waals surface area (Å²) in [5, 5.41) is 0. The average Bonchev–Trinajstić information content (AvgIpc) is 2.62. The number of rotatable bonds is 10. The van der Waals surface area contributed by atoms with Gasteiger partial charge in [-0.1, -0.05) is 51.0 Å². The molecule has 0 saturated heterocycles. The molecule has 0 saturated carbocycles. The van der Waals surface area contributed by atoms with E-state index in [-0.39, 0.29) is 0 Å². The molecular formula is C20H36O2Si. The van der Waals surface area contributed by atoms with Crippen molar-refractivity contribution in [1.29, 1.82) is 0 Å². The Hall–Kier alpha value is -0.383. The zero-order valence-corrected chi connectivity index (χ0v) is 16.3. The second-order valence-electron chi connectivity index (χ2n) is 7.06. The minimum Gasteiger partial charge on any atom is -0.394 e. The van der Waals surface area contributed by atoms with E-state index < -0.39 is 8.56 Å². The summed E-state index contributed by atoms with van der Waals surface area (Å²) in [6, 6.07) is 0. The van der Waals surface area contributed by atoms with Crippen LogP contribution in [-0.2, 0) is 8.85 Å². The van der Waals surface area contributed by atoms with Crippen LogP contribution in [0.3, 0.4) is 0 Å². The largest absolute Gasteiger partial charge is 0.394 e. The Kier molecular flexibility index (Phi) is 8.63. The lowest BCUT2D eigenvalue weighted by molar-refractivity contribution is 0.148. The molecule has 0 bridgehead atoms. The van der Waals surface area contributed by atoms with Crippen molar-refractivity contribution in [2.45, 2.75) is 89.1 Å². The van der Waals surface area contributed by atoms with E-state index in [4.69, 9.17) is 8.85 Å². The third kappa shape index (κ3) is 5.30. The highest BCUT2D eigenvalue weighted by Crippen LogP contribution is 2.45. The molecule has 23 heavy (non-hydrogen) atoms. The summed E-state index contributed by atoms with van der Waals surface area (Å²) in [6.45, 7) is 6.24. The van der Waals surface area contributed by atoms with E-state index in [0.29, 0.717) is 11.1 Å². The van der Waals surface area contributed by atoms with Crippen molar-refractivity contribution in [2.24, 2.45) is 0 Å². The van der Waals surface area contributed by atoms with Crippen molar-refractivity contribution in [1.82, 2.24) is 0 Å². The van der Waals surface area contributed by atoms with Gasteiger partial charge in [0.25, 0.3) is 0 Å². The van der Waals surface area contributed by atoms with Crippen LogP contribution in [0.2, 0.25) is 11.1 Å². The topological polar surface area (TPSA) is 18.5 Å². The first-order valence-corrected chi connectivity index (χ1v) is 11.9. The molecule has 2 rings (SSSR count). The first kappa shape index (κ1) is 18.9. The molecule has 3 heteroatoms. The minimum atomic E-state index is -2.24. The SMILES string of the molecule is CCCCO[Si](OCCCC)(C1C=CCCC1)C1C=CCCC1. The van der Waals surface area contributed by atoms with E-state index in [1.807, 2.05) is 0 Å². The molecule has 2 atom stereocenters. The predicted molar refractivity (Wildman–Crippen MR) is 101 cm³/mol. The molecule has 2 aliphatic rings. The molecule has 0 spiro atoms. The highest BCUT2D eigenvalue weighted by atomic mass is 28.4. The zero-order chi connectivity index (χ0) is 16.4. The van der Waals surface area contributed by atoms with Gasteiger partial charge in [-0.3, -0.25) is 0 Å². The Bertz CT molecular complexity index is 342. The Morgan fingerprint density at radius 3 is 1.65 bits per heavy atom. The smallest absolute Gasteiger partial charge is 0.352 e. The third-order valence-corrected chi connectivity index (χ3v) is 9.53. The van der Waals surface area contributed by atoms with E-state index >= 15 is 0 Å². The van der Waals surface area contributed by atoms with E-state index in [0.717, 1.165) is 26.1 Å². The van der Waals surface area contributed by atoms with Crippen LogP contribution in [0.25, 0.3) is 0 Å². The standard InChI is InChI=1S/C20H36O2Si/c1-3-5-17-21-23(22-18-6-4-2,19-13-9-7-10-14-19)20-15-11-8-12-16-20/h9,11,13,15,19-20H,3-8,10,12,14,16-18H2,1-2H3. The van der Waals surface area contributed by atoms with Gasteiger partial charge in [0, 0.05) is 24.3 Å². The van der Waals surface area contributed by atoms with Gasteiger partial charge >= 0.3 is 8.56 Å². The normalized spacial score (nSPS) is 25.0. The monoisotopic (exact) mass is 336 g/mol. The summed E-state index contributed by atoms with van der Waals surface area (Å²) in [5.41, 5.74) is 1.08. The van der Waals surface area contributed by atoms with Gasteiger partial charge in [-0.2, -0.15) is 0 Å². The van der Waals surface area contributed by atoms with Gasteiger partial charge < -0.3 is 8.85 Å². The van der Waals surface area contributed by atoms with Crippen LogP contribution in [0, 0.1) is 0 Å². The van der Waals surface area contributed by atoms with Gasteiger partial charge in [0.05, 0.1) is 0 Å². The Morgan fingerprint density at radius 2 is 1.30 bits per heavy atom. The summed E-state index contributed by atoms with van der Waals surface area (Å²) in [5.74, 6) is 0. The second kappa shape index (κ2) is 10.5. The molecule has 0 aromatic carbocycles. The molecule has 2 nitrogen and oxygen atoms in total. The third-order valence-electron chi connectivity index (χ3n) is 5.19. The molecule has 0 fully saturated rings. The van der Waals surface area contributed by atoms with Crippen LogP contribution in [0.15, 0.2) is 24.3 Å². The fraction of sp³-hybridized carbons (Fsp3) is 0.800. The lowest BCUT2D eigenvalue weighted by atomic mass is 10.1. The van der Waals surface area contributed by atoms with Crippen LogP contribution in [0.4, 0.5) is 0 Å². The molecule has 2 unspecified atom stereocenters. The van der Waals surface area contributed by atoms with Crippen molar-refractivity contribution < 1.29 is 8.85 Å². The zero-order valence-electron chi connectivity index (χ0n) is 15.3. The number of allylic oxidation sites excluding steroid dienone is 4. The van der Waals surface area contributed by atoms with Crippen molar-refractivity contribution >= 4 is 8.56 Å². The number of unbranched alkanes of at least 4 members (excludes halogenated alkanes) is 2. The summed E-state index contributed by atoms with van der Waals surface area (Å²) in [6.07, 6.45) is 21.9. The maximum absolute atomic E-state index is 6.71. The molecule has 132 valence electrons. The van der Waals surface area contributed by atoms with E-state index in [2.05, 4.69) is 38.2 Å². The fourth-order valence-corrected chi connectivity index (χ4v) is 8.23. The summed E-state index contributed by atoms with van der Waals surface area (Å²) in [4.78, 5) is 0. The molecule has 0 heterocycles. The maximum atomic E-state index is 6.71. The quantitative estimate of drug-likeness (QED) is 0.265. The Morgan fingerprint density at radius 1 is 0.826 bits per heavy atom. The van der Waals surface area contributed by atoms with Gasteiger partial charge in [-0.05, 0) is 51.4 Å². The summed E-state index contributed by atoms with van der Waals surface area (Å²) >= 11 is 0. The molecule has 0 aromatic heterocycles. The molecule has 0 radical (unpaired) electrons. The van der Waals surface area contributed by atoms with Crippen LogP contribution in [0.1, 0.15) is 78.1 Å². The highest BCUT2D eigenvalue weighted by molar-refractivity contribution is 6.71. The van der Waals surface area contributed by atoms with Gasteiger partial charge in [0.2, 0.25) is 0 Å². The molecular weight excluding hydrogens is 300 g/mol. The fourth-order valence-electron chi connectivity index (χ4n) is 3.79. The van der Waals surface area contributed by atoms with Crippen LogP contribution < -0.4 is 0 Å². The number of hydrogen-bond acceptors (Lipinski definition) is 2. The number of hydrogen-bond donors (Lipinski definition) is 0. The molecule has 0 N–H and O–H groups in total. The van der Waals surface area contributed by atoms with Crippen molar-refractivity contribution in [3.05, 3.63) is 24.3 Å². The lowest BCUT2D eigenvalue weighted by Gasteiger charge is -2.42. The van der Waals surface area contributed by atoms with Gasteiger partial charge in [0.1, 0.15) is 0 Å². The second-order valence-corrected chi connectivity index (χ2v) is 10.6. The van der Waals surface area contributed by atoms with Gasteiger partial charge in [-0.25, -0.2) is 0 Å². The highest BCUT2D eigenvalue weighted by Gasteiger charge is 2.50.